The Balaban J connectivity index is 0.000000254. The van der Waals surface area contributed by atoms with Gasteiger partial charge in [-0.2, -0.15) is 0 Å². The number of methoxy groups -OCH3 is 1. The number of piperazine rings is 1. The van der Waals surface area contributed by atoms with Gasteiger partial charge >= 0.3 is 12.1 Å². The summed E-state index contributed by atoms with van der Waals surface area (Å²) in [6, 6.07) is 8.88. The number of nitrogens with zero attached hydrogens (tertiary/aromatic N) is 2. The summed E-state index contributed by atoms with van der Waals surface area (Å²) in [4.78, 5) is 23.8. The third-order valence-corrected chi connectivity index (χ3v) is 3.07. The molecule has 0 spiro atoms. The average Bonchev–Trinajstić information content (AvgIpc) is 2.54. The van der Waals surface area contributed by atoms with Crippen molar-refractivity contribution in [2.24, 2.45) is 0 Å². The monoisotopic (exact) mass is 340 g/mol. The fourth-order valence-electron chi connectivity index (χ4n) is 1.88. The minimum absolute atomic E-state index is 0.263. The molecular formula is C17H25FN2O4. The predicted molar refractivity (Wildman–Crippen MR) is 88.3 cm³/mol. The molecule has 0 N–H and O–H groups in total. The van der Waals surface area contributed by atoms with Crippen LogP contribution in [0.1, 0.15) is 31.1 Å². The Hall–Kier alpha value is -2.15. The van der Waals surface area contributed by atoms with Crippen molar-refractivity contribution in [3.8, 4) is 0 Å². The van der Waals surface area contributed by atoms with Crippen LogP contribution in [0, 0.1) is 0 Å². The van der Waals surface area contributed by atoms with Crippen molar-refractivity contribution < 1.29 is 23.5 Å². The smallest absolute Gasteiger partial charge is 0.410 e. The predicted octanol–water partition coefficient (Wildman–Crippen LogP) is 2.90. The van der Waals surface area contributed by atoms with Crippen LogP contribution in [0.4, 0.5) is 9.28 Å². The summed E-state index contributed by atoms with van der Waals surface area (Å²) in [7, 11) is 1.37. The van der Waals surface area contributed by atoms with Gasteiger partial charge in [0, 0.05) is 26.2 Å². The molecule has 1 aliphatic rings. The van der Waals surface area contributed by atoms with Gasteiger partial charge in [0.2, 0.25) is 0 Å². The molecule has 1 fully saturated rings. The third kappa shape index (κ3) is 7.41. The quantitative estimate of drug-likeness (QED) is 0.581. The first-order valence-corrected chi connectivity index (χ1v) is 7.75. The molecule has 0 bridgehead atoms. The highest BCUT2D eigenvalue weighted by molar-refractivity contribution is 5.89. The molecule has 24 heavy (non-hydrogen) atoms. The van der Waals surface area contributed by atoms with E-state index in [2.05, 4.69) is 4.74 Å². The van der Waals surface area contributed by atoms with E-state index in [4.69, 9.17) is 4.74 Å². The fraction of sp³-hybridized carbons (Fsp3) is 0.529. The lowest BCUT2D eigenvalue weighted by molar-refractivity contribution is -0.0331. The summed E-state index contributed by atoms with van der Waals surface area (Å²) < 4.78 is 22.3. The Kier molecular flexibility index (Phi) is 7.64. The third-order valence-electron chi connectivity index (χ3n) is 3.07. The van der Waals surface area contributed by atoms with Gasteiger partial charge in [0.05, 0.1) is 12.7 Å². The fourth-order valence-corrected chi connectivity index (χ4v) is 1.88. The molecule has 1 aromatic carbocycles. The van der Waals surface area contributed by atoms with E-state index in [0.29, 0.717) is 23.8 Å². The molecule has 1 amide bonds. The van der Waals surface area contributed by atoms with Crippen LogP contribution in [0.2, 0.25) is 0 Å². The van der Waals surface area contributed by atoms with Gasteiger partial charge in [-0.3, -0.25) is 0 Å². The van der Waals surface area contributed by atoms with E-state index in [1.54, 1.807) is 24.3 Å². The summed E-state index contributed by atoms with van der Waals surface area (Å²) in [5, 5.41) is 0.709. The maximum Gasteiger partial charge on any atom is 0.410 e. The van der Waals surface area contributed by atoms with E-state index in [0.717, 1.165) is 0 Å². The molecule has 6 nitrogen and oxygen atoms in total. The van der Waals surface area contributed by atoms with E-state index in [9.17, 15) is 14.1 Å². The Morgan fingerprint density at radius 2 is 1.58 bits per heavy atom. The highest BCUT2D eigenvalue weighted by Crippen LogP contribution is 2.11. The number of halogens is 1. The Morgan fingerprint density at radius 3 is 2.04 bits per heavy atom. The van der Waals surface area contributed by atoms with Gasteiger partial charge in [-0.1, -0.05) is 18.2 Å². The van der Waals surface area contributed by atoms with Gasteiger partial charge in [-0.15, -0.1) is 9.60 Å². The van der Waals surface area contributed by atoms with Gasteiger partial charge in [-0.05, 0) is 32.9 Å². The Bertz CT molecular complexity index is 523. The number of rotatable bonds is 1. The molecule has 1 heterocycles. The first-order valence-electron chi connectivity index (χ1n) is 7.75. The maximum absolute atomic E-state index is 12.6. The van der Waals surface area contributed by atoms with Gasteiger partial charge < -0.3 is 14.4 Å². The number of carbonyl (C=O) groups is 2. The average molecular weight is 340 g/mol. The molecule has 0 aliphatic carbocycles. The first-order chi connectivity index (χ1) is 11.2. The van der Waals surface area contributed by atoms with Crippen LogP contribution in [0.25, 0.3) is 0 Å². The van der Waals surface area contributed by atoms with Crippen molar-refractivity contribution in [2.75, 3.05) is 33.3 Å². The van der Waals surface area contributed by atoms with E-state index >= 15 is 0 Å². The molecule has 0 aromatic heterocycles. The van der Waals surface area contributed by atoms with E-state index in [1.807, 2.05) is 26.8 Å². The van der Waals surface area contributed by atoms with Crippen LogP contribution in [-0.4, -0.2) is 61.0 Å². The number of ether oxygens (including phenoxy) is 2. The summed E-state index contributed by atoms with van der Waals surface area (Å²) >= 11 is 0. The van der Waals surface area contributed by atoms with Crippen LogP contribution in [0.3, 0.4) is 0 Å². The van der Waals surface area contributed by atoms with Crippen molar-refractivity contribution in [3.63, 3.8) is 0 Å². The molecule has 1 aliphatic heterocycles. The van der Waals surface area contributed by atoms with Crippen molar-refractivity contribution in [3.05, 3.63) is 35.9 Å². The minimum atomic E-state index is -0.482. The largest absolute Gasteiger partial charge is 0.465 e. The summed E-state index contributed by atoms with van der Waals surface area (Å²) in [5.41, 5.74) is 0.106. The molecule has 0 radical (unpaired) electrons. The second-order valence-electron chi connectivity index (χ2n) is 6.23. The highest BCUT2D eigenvalue weighted by Gasteiger charge is 2.25. The van der Waals surface area contributed by atoms with Crippen molar-refractivity contribution >= 4 is 12.1 Å². The second kappa shape index (κ2) is 9.22. The zero-order chi connectivity index (χ0) is 18.2. The summed E-state index contributed by atoms with van der Waals surface area (Å²) in [6.07, 6.45) is -0.356. The molecule has 134 valence electrons. The SMILES string of the molecule is CC(C)(C)OC(=O)N1CCN(F)CC1.COC(=O)c1ccccc1. The number of benzene rings is 1. The molecule has 1 saturated heterocycles. The lowest BCUT2D eigenvalue weighted by Crippen LogP contribution is -2.47. The van der Waals surface area contributed by atoms with Crippen molar-refractivity contribution in [1.82, 2.24) is 10.0 Å². The normalized spacial score (nSPS) is 15.1. The maximum atomic E-state index is 12.6. The lowest BCUT2D eigenvalue weighted by atomic mass is 10.2. The molecule has 0 atom stereocenters. The molecule has 0 saturated carbocycles. The van der Waals surface area contributed by atoms with E-state index < -0.39 is 5.60 Å². The van der Waals surface area contributed by atoms with Gasteiger partial charge in [0.15, 0.2) is 0 Å². The number of hydrogen-bond acceptors (Lipinski definition) is 5. The number of esters is 1. The molecule has 0 unspecified atom stereocenters. The Labute approximate surface area is 142 Å². The highest BCUT2D eigenvalue weighted by atomic mass is 19.2. The summed E-state index contributed by atoms with van der Waals surface area (Å²) in [5.74, 6) is -0.291. The topological polar surface area (TPSA) is 59.1 Å². The Morgan fingerprint density at radius 1 is 1.04 bits per heavy atom. The second-order valence-corrected chi connectivity index (χ2v) is 6.23. The molecule has 1 aromatic rings. The summed E-state index contributed by atoms with van der Waals surface area (Å²) in [6.45, 7) is 6.76. The van der Waals surface area contributed by atoms with E-state index in [1.165, 1.54) is 12.0 Å². The lowest BCUT2D eigenvalue weighted by Gasteiger charge is -2.31. The van der Waals surface area contributed by atoms with Crippen LogP contribution in [0.5, 0.6) is 0 Å². The number of carbonyl (C=O) groups excluding carboxylic acids is 2. The number of amides is 1. The van der Waals surface area contributed by atoms with Gasteiger partial charge in [0.25, 0.3) is 0 Å². The van der Waals surface area contributed by atoms with Crippen molar-refractivity contribution in [1.29, 1.82) is 0 Å². The number of hydrogen-bond donors (Lipinski definition) is 0. The van der Waals surface area contributed by atoms with Gasteiger partial charge in [0.1, 0.15) is 5.60 Å². The molecule has 7 heteroatoms. The van der Waals surface area contributed by atoms with Gasteiger partial charge in [-0.25, -0.2) is 9.59 Å². The molecular weight excluding hydrogens is 315 g/mol. The van der Waals surface area contributed by atoms with Crippen molar-refractivity contribution in [2.45, 2.75) is 26.4 Å². The minimum Gasteiger partial charge on any atom is -0.465 e. The molecule has 2 rings (SSSR count). The van der Waals surface area contributed by atoms with Crippen LogP contribution in [-0.2, 0) is 9.47 Å². The van der Waals surface area contributed by atoms with Crippen LogP contribution >= 0.6 is 0 Å². The van der Waals surface area contributed by atoms with Crippen LogP contribution in [0.15, 0.2) is 30.3 Å². The standard InChI is InChI=1S/C9H17FN2O2.C8H8O2/c1-9(2,3)14-8(13)11-4-6-12(10)7-5-11;1-10-8(9)7-5-3-2-4-6-7/h4-7H2,1-3H3;2-6H,1H3. The zero-order valence-corrected chi connectivity index (χ0v) is 14.6. The first kappa shape index (κ1) is 19.9. The van der Waals surface area contributed by atoms with E-state index in [-0.39, 0.29) is 25.2 Å². The van der Waals surface area contributed by atoms with Crippen LogP contribution < -0.4 is 0 Å². The zero-order valence-electron chi connectivity index (χ0n) is 14.6.